The third kappa shape index (κ3) is 2.65. The van der Waals surface area contributed by atoms with Crippen LogP contribution in [0, 0.1) is 5.92 Å². The van der Waals surface area contributed by atoms with Crippen LogP contribution in [0.3, 0.4) is 0 Å². The molecule has 0 aromatic rings. The molecule has 15 heavy (non-hydrogen) atoms. The van der Waals surface area contributed by atoms with E-state index in [1.54, 1.807) is 0 Å². The summed E-state index contributed by atoms with van der Waals surface area (Å²) in [7, 11) is -4.30. The molecule has 1 saturated carbocycles. The minimum atomic E-state index is -4.30. The summed E-state index contributed by atoms with van der Waals surface area (Å²) >= 11 is 0. The van der Waals surface area contributed by atoms with Gasteiger partial charge in [0.05, 0.1) is 17.3 Å². The summed E-state index contributed by atoms with van der Waals surface area (Å²) in [6.45, 7) is 0. The van der Waals surface area contributed by atoms with Crippen LogP contribution in [0.25, 0.3) is 0 Å². The van der Waals surface area contributed by atoms with Crippen molar-refractivity contribution >= 4 is 16.1 Å². The third-order valence-electron chi connectivity index (χ3n) is 2.64. The number of carbonyl (C=O) groups is 1. The predicted octanol–water partition coefficient (Wildman–Crippen LogP) is -1.57. The molecule has 1 rings (SSSR count). The minimum Gasteiger partial charge on any atom is -0.481 e. The Hall–Kier alpha value is -0.700. The summed E-state index contributed by atoms with van der Waals surface area (Å²) in [6, 6.07) is -0.952. The van der Waals surface area contributed by atoms with Crippen molar-refractivity contribution in [2.45, 2.75) is 30.2 Å². The smallest absolute Gasteiger partial charge is 0.309 e. The van der Waals surface area contributed by atoms with Crippen LogP contribution in [-0.4, -0.2) is 46.5 Å². The molecule has 4 atom stereocenters. The largest absolute Gasteiger partial charge is 0.481 e. The van der Waals surface area contributed by atoms with Gasteiger partial charge < -0.3 is 15.9 Å². The number of rotatable bonds is 2. The van der Waals surface area contributed by atoms with Gasteiger partial charge in [-0.3, -0.25) is 9.35 Å². The van der Waals surface area contributed by atoms with Gasteiger partial charge in [0.15, 0.2) is 0 Å². The molecule has 0 bridgehead atoms. The molecule has 0 saturated heterocycles. The lowest BCUT2D eigenvalue weighted by Crippen LogP contribution is -2.51. The molecular weight excluding hydrogens is 226 g/mol. The number of hydrogen-bond donors (Lipinski definition) is 4. The highest BCUT2D eigenvalue weighted by Gasteiger charge is 2.43. The highest BCUT2D eigenvalue weighted by Crippen LogP contribution is 2.28. The molecule has 0 aliphatic heterocycles. The third-order valence-corrected chi connectivity index (χ3v) is 3.87. The first-order valence-electron chi connectivity index (χ1n) is 4.36. The number of hydrogen-bond acceptors (Lipinski definition) is 5. The Labute approximate surface area is 86.6 Å². The summed E-state index contributed by atoms with van der Waals surface area (Å²) in [5.41, 5.74) is 5.40. The summed E-state index contributed by atoms with van der Waals surface area (Å²) in [6.07, 6.45) is -1.73. The Morgan fingerprint density at radius 2 is 1.87 bits per heavy atom. The maximum atomic E-state index is 10.8. The molecule has 0 amide bonds. The standard InChI is InChI=1S/C7H13NO6S/c8-5-2-3(15(12,13)14)1-4(6(5)9)7(10)11/h3-6,9H,1-2,8H2,(H,10,11)(H,12,13,14). The molecule has 0 aromatic carbocycles. The second-order valence-electron chi connectivity index (χ2n) is 3.71. The summed E-state index contributed by atoms with van der Waals surface area (Å²) in [5.74, 6) is -2.56. The number of aliphatic carboxylic acids is 1. The van der Waals surface area contributed by atoms with Crippen LogP contribution in [-0.2, 0) is 14.9 Å². The van der Waals surface area contributed by atoms with Crippen molar-refractivity contribution in [2.75, 3.05) is 0 Å². The quantitative estimate of drug-likeness (QED) is 0.427. The molecule has 0 aromatic heterocycles. The fourth-order valence-corrected chi connectivity index (χ4v) is 2.67. The first kappa shape index (κ1) is 12.4. The van der Waals surface area contributed by atoms with Crippen LogP contribution in [0.1, 0.15) is 12.8 Å². The van der Waals surface area contributed by atoms with E-state index in [4.69, 9.17) is 15.4 Å². The summed E-state index contributed by atoms with van der Waals surface area (Å²) < 4.78 is 30.5. The Morgan fingerprint density at radius 1 is 1.33 bits per heavy atom. The van der Waals surface area contributed by atoms with E-state index in [2.05, 4.69) is 0 Å². The van der Waals surface area contributed by atoms with E-state index >= 15 is 0 Å². The van der Waals surface area contributed by atoms with Gasteiger partial charge in [0.2, 0.25) is 0 Å². The van der Waals surface area contributed by atoms with Crippen LogP contribution in [0.5, 0.6) is 0 Å². The highest BCUT2D eigenvalue weighted by atomic mass is 32.2. The summed E-state index contributed by atoms with van der Waals surface area (Å²) in [4.78, 5) is 10.7. The number of carboxylic acids is 1. The number of aliphatic hydroxyl groups excluding tert-OH is 1. The van der Waals surface area contributed by atoms with Crippen molar-refractivity contribution in [3.63, 3.8) is 0 Å². The average molecular weight is 239 g/mol. The Balaban J connectivity index is 2.89. The Kier molecular flexibility index (Phi) is 3.34. The van der Waals surface area contributed by atoms with E-state index in [1.807, 2.05) is 0 Å². The van der Waals surface area contributed by atoms with E-state index < -0.39 is 39.4 Å². The zero-order valence-electron chi connectivity index (χ0n) is 7.78. The molecule has 5 N–H and O–H groups in total. The van der Waals surface area contributed by atoms with Gasteiger partial charge in [0.1, 0.15) is 0 Å². The normalized spacial score (nSPS) is 37.5. The average Bonchev–Trinajstić information content (AvgIpc) is 2.06. The van der Waals surface area contributed by atoms with Gasteiger partial charge in [-0.2, -0.15) is 8.42 Å². The first-order valence-corrected chi connectivity index (χ1v) is 5.86. The van der Waals surface area contributed by atoms with E-state index in [1.165, 1.54) is 0 Å². The lowest BCUT2D eigenvalue weighted by molar-refractivity contribution is -0.147. The molecule has 4 unspecified atom stereocenters. The molecule has 1 aliphatic carbocycles. The van der Waals surface area contributed by atoms with Crippen molar-refractivity contribution in [2.24, 2.45) is 11.7 Å². The monoisotopic (exact) mass is 239 g/mol. The van der Waals surface area contributed by atoms with Crippen molar-refractivity contribution in [1.29, 1.82) is 0 Å². The lowest BCUT2D eigenvalue weighted by atomic mass is 9.83. The maximum Gasteiger partial charge on any atom is 0.309 e. The van der Waals surface area contributed by atoms with Gasteiger partial charge in [0.25, 0.3) is 10.1 Å². The van der Waals surface area contributed by atoms with Gasteiger partial charge >= 0.3 is 5.97 Å². The minimum absolute atomic E-state index is 0.135. The van der Waals surface area contributed by atoms with Gasteiger partial charge in [-0.15, -0.1) is 0 Å². The Bertz CT molecular complexity index is 352. The van der Waals surface area contributed by atoms with Crippen molar-refractivity contribution in [3.05, 3.63) is 0 Å². The van der Waals surface area contributed by atoms with Crippen molar-refractivity contribution in [3.8, 4) is 0 Å². The van der Waals surface area contributed by atoms with E-state index in [9.17, 15) is 18.3 Å². The van der Waals surface area contributed by atoms with Crippen LogP contribution >= 0.6 is 0 Å². The maximum absolute atomic E-state index is 10.8. The molecule has 8 heteroatoms. The van der Waals surface area contributed by atoms with Gasteiger partial charge in [-0.1, -0.05) is 0 Å². The molecule has 88 valence electrons. The fraction of sp³-hybridized carbons (Fsp3) is 0.857. The highest BCUT2D eigenvalue weighted by molar-refractivity contribution is 7.86. The SMILES string of the molecule is NC1CC(S(=O)(=O)O)CC(C(=O)O)C1O. The Morgan fingerprint density at radius 3 is 2.27 bits per heavy atom. The predicted molar refractivity (Wildman–Crippen MR) is 49.7 cm³/mol. The molecule has 0 spiro atoms. The first-order chi connectivity index (χ1) is 6.73. The molecule has 1 aliphatic rings. The second kappa shape index (κ2) is 4.05. The number of carboxylic acid groups (broad SMARTS) is 1. The molecule has 0 radical (unpaired) electrons. The fourth-order valence-electron chi connectivity index (χ4n) is 1.75. The van der Waals surface area contributed by atoms with Crippen molar-refractivity contribution < 1.29 is 28.0 Å². The number of aliphatic hydroxyl groups is 1. The van der Waals surface area contributed by atoms with Gasteiger partial charge in [-0.05, 0) is 12.8 Å². The molecule has 0 heterocycles. The topological polar surface area (TPSA) is 138 Å². The molecular formula is C7H13NO6S. The van der Waals surface area contributed by atoms with Crippen LogP contribution in [0.2, 0.25) is 0 Å². The van der Waals surface area contributed by atoms with E-state index in [0.717, 1.165) is 0 Å². The molecule has 7 nitrogen and oxygen atoms in total. The number of nitrogens with two attached hydrogens (primary N) is 1. The molecule has 1 fully saturated rings. The second-order valence-corrected chi connectivity index (χ2v) is 5.40. The zero-order valence-corrected chi connectivity index (χ0v) is 8.59. The van der Waals surface area contributed by atoms with Gasteiger partial charge in [0, 0.05) is 6.04 Å². The van der Waals surface area contributed by atoms with Crippen LogP contribution in [0.4, 0.5) is 0 Å². The van der Waals surface area contributed by atoms with Gasteiger partial charge in [-0.25, -0.2) is 0 Å². The zero-order chi connectivity index (χ0) is 11.8. The van der Waals surface area contributed by atoms with Crippen LogP contribution in [0.15, 0.2) is 0 Å². The van der Waals surface area contributed by atoms with E-state index in [0.29, 0.717) is 0 Å². The van der Waals surface area contributed by atoms with E-state index in [-0.39, 0.29) is 12.8 Å². The van der Waals surface area contributed by atoms with Crippen molar-refractivity contribution in [1.82, 2.24) is 0 Å². The lowest BCUT2D eigenvalue weighted by Gasteiger charge is -2.33. The summed E-state index contributed by atoms with van der Waals surface area (Å²) in [5, 5.41) is 16.9. The van der Waals surface area contributed by atoms with Crippen LogP contribution < -0.4 is 5.73 Å².